The zero-order valence-electron chi connectivity index (χ0n) is 11.0. The molecule has 1 aromatic rings. The van der Waals surface area contributed by atoms with Crippen LogP contribution in [0.4, 0.5) is 0 Å². The number of aliphatic hydroxyl groups is 1. The van der Waals surface area contributed by atoms with Gasteiger partial charge in [-0.3, -0.25) is 0 Å². The van der Waals surface area contributed by atoms with Gasteiger partial charge in [0, 0.05) is 18.1 Å². The third-order valence-electron chi connectivity index (χ3n) is 3.30. The van der Waals surface area contributed by atoms with Crippen molar-refractivity contribution in [1.82, 2.24) is 0 Å². The fourth-order valence-electron chi connectivity index (χ4n) is 2.17. The molecule has 0 aromatic heterocycles. The molecule has 0 saturated carbocycles. The third kappa shape index (κ3) is 2.45. The van der Waals surface area contributed by atoms with Crippen molar-refractivity contribution in [3.8, 4) is 0 Å². The minimum atomic E-state index is -0.287. The molecule has 0 saturated heterocycles. The molecule has 1 aromatic carbocycles. The summed E-state index contributed by atoms with van der Waals surface area (Å²) in [5.74, 6) is 0. The van der Waals surface area contributed by atoms with Gasteiger partial charge in [-0.15, -0.1) is 0 Å². The van der Waals surface area contributed by atoms with Crippen LogP contribution < -0.4 is 5.73 Å². The largest absolute Gasteiger partial charge is 0.396 e. The molecule has 0 aliphatic carbocycles. The van der Waals surface area contributed by atoms with E-state index in [1.54, 1.807) is 0 Å². The molecule has 0 heterocycles. The monoisotopic (exact) mass is 221 g/mol. The zero-order chi connectivity index (χ0) is 12.5. The van der Waals surface area contributed by atoms with E-state index >= 15 is 0 Å². The molecule has 0 unspecified atom stereocenters. The van der Waals surface area contributed by atoms with Gasteiger partial charge in [0.05, 0.1) is 0 Å². The predicted octanol–water partition coefficient (Wildman–Crippen LogP) is 2.63. The van der Waals surface area contributed by atoms with Gasteiger partial charge in [-0.1, -0.05) is 31.5 Å². The van der Waals surface area contributed by atoms with E-state index in [0.717, 1.165) is 0 Å². The quantitative estimate of drug-likeness (QED) is 0.824. The highest BCUT2D eigenvalue weighted by Gasteiger charge is 2.29. The number of benzene rings is 1. The molecule has 1 atom stereocenters. The van der Waals surface area contributed by atoms with Gasteiger partial charge in [-0.25, -0.2) is 0 Å². The van der Waals surface area contributed by atoms with E-state index in [-0.39, 0.29) is 18.1 Å². The number of hydrogen-bond donors (Lipinski definition) is 2. The molecule has 16 heavy (non-hydrogen) atoms. The first kappa shape index (κ1) is 13.2. The van der Waals surface area contributed by atoms with E-state index < -0.39 is 0 Å². The van der Waals surface area contributed by atoms with Crippen LogP contribution in [-0.4, -0.2) is 11.7 Å². The lowest BCUT2D eigenvalue weighted by Gasteiger charge is -2.32. The van der Waals surface area contributed by atoms with Gasteiger partial charge in [0.2, 0.25) is 0 Å². The molecule has 0 aliphatic rings. The Morgan fingerprint density at radius 3 is 2.00 bits per heavy atom. The number of aliphatic hydroxyl groups excluding tert-OH is 1. The summed E-state index contributed by atoms with van der Waals surface area (Å²) in [6.45, 7) is 10.4. The molecule has 0 amide bonds. The van der Waals surface area contributed by atoms with Crippen molar-refractivity contribution in [1.29, 1.82) is 0 Å². The Morgan fingerprint density at radius 1 is 1.19 bits per heavy atom. The van der Waals surface area contributed by atoms with Crippen molar-refractivity contribution < 1.29 is 5.11 Å². The summed E-state index contributed by atoms with van der Waals surface area (Å²) >= 11 is 0. The average molecular weight is 221 g/mol. The van der Waals surface area contributed by atoms with Crippen LogP contribution >= 0.6 is 0 Å². The van der Waals surface area contributed by atoms with E-state index in [0.29, 0.717) is 0 Å². The van der Waals surface area contributed by atoms with Crippen LogP contribution in [0.2, 0.25) is 0 Å². The standard InChI is InChI=1S/C14H23NO/c1-9-6-10(2)12(11(3)7-9)13(15)14(4,5)8-16/h6-7,13,16H,8,15H2,1-5H3/t13-/m1/s1. The first-order valence-corrected chi connectivity index (χ1v) is 5.74. The van der Waals surface area contributed by atoms with Crippen LogP contribution in [0.15, 0.2) is 12.1 Å². The highest BCUT2D eigenvalue weighted by Crippen LogP contribution is 2.34. The second kappa shape index (κ2) is 4.56. The Balaban J connectivity index is 3.24. The van der Waals surface area contributed by atoms with Gasteiger partial charge in [0.1, 0.15) is 0 Å². The Kier molecular flexibility index (Phi) is 3.76. The number of rotatable bonds is 3. The normalized spacial score (nSPS) is 13.9. The van der Waals surface area contributed by atoms with Crippen LogP contribution in [0.5, 0.6) is 0 Å². The zero-order valence-corrected chi connectivity index (χ0v) is 11.0. The number of aryl methyl sites for hydroxylation is 3. The number of hydrogen-bond acceptors (Lipinski definition) is 2. The third-order valence-corrected chi connectivity index (χ3v) is 3.30. The van der Waals surface area contributed by atoms with Crippen LogP contribution in [0.3, 0.4) is 0 Å². The fourth-order valence-corrected chi connectivity index (χ4v) is 2.17. The van der Waals surface area contributed by atoms with Crippen molar-refractivity contribution in [3.63, 3.8) is 0 Å². The molecule has 1 rings (SSSR count). The summed E-state index contributed by atoms with van der Waals surface area (Å²) in [7, 11) is 0. The van der Waals surface area contributed by atoms with Gasteiger partial charge in [-0.05, 0) is 37.5 Å². The molecule has 2 heteroatoms. The van der Waals surface area contributed by atoms with Crippen LogP contribution in [0.25, 0.3) is 0 Å². The minimum Gasteiger partial charge on any atom is -0.396 e. The summed E-state index contributed by atoms with van der Waals surface area (Å²) < 4.78 is 0. The van der Waals surface area contributed by atoms with Crippen LogP contribution in [0.1, 0.15) is 42.1 Å². The summed E-state index contributed by atoms with van der Waals surface area (Å²) in [4.78, 5) is 0. The Morgan fingerprint density at radius 2 is 1.62 bits per heavy atom. The van der Waals surface area contributed by atoms with E-state index in [1.165, 1.54) is 22.3 Å². The smallest absolute Gasteiger partial charge is 0.0500 e. The molecule has 0 spiro atoms. The van der Waals surface area contributed by atoms with Gasteiger partial charge in [0.25, 0.3) is 0 Å². The second-order valence-corrected chi connectivity index (χ2v) is 5.44. The molecule has 0 fully saturated rings. The lowest BCUT2D eigenvalue weighted by molar-refractivity contribution is 0.132. The van der Waals surface area contributed by atoms with Gasteiger partial charge >= 0.3 is 0 Å². The van der Waals surface area contributed by atoms with Gasteiger partial charge < -0.3 is 10.8 Å². The summed E-state index contributed by atoms with van der Waals surface area (Å²) in [6.07, 6.45) is 0. The van der Waals surface area contributed by atoms with Crippen molar-refractivity contribution >= 4 is 0 Å². The first-order valence-electron chi connectivity index (χ1n) is 5.74. The highest BCUT2D eigenvalue weighted by molar-refractivity contribution is 5.40. The molecule has 0 bridgehead atoms. The molecule has 0 radical (unpaired) electrons. The molecule has 90 valence electrons. The maximum absolute atomic E-state index is 9.38. The van der Waals surface area contributed by atoms with Gasteiger partial charge in [0.15, 0.2) is 0 Å². The van der Waals surface area contributed by atoms with Crippen LogP contribution in [0, 0.1) is 26.2 Å². The molecule has 0 aliphatic heterocycles. The summed E-state index contributed by atoms with van der Waals surface area (Å²) in [6, 6.07) is 4.17. The lowest BCUT2D eigenvalue weighted by Crippen LogP contribution is -2.33. The summed E-state index contributed by atoms with van der Waals surface area (Å²) in [5.41, 5.74) is 10.8. The first-order chi connectivity index (χ1) is 7.29. The summed E-state index contributed by atoms with van der Waals surface area (Å²) in [5, 5.41) is 9.38. The van der Waals surface area contributed by atoms with E-state index in [2.05, 4.69) is 32.9 Å². The fraction of sp³-hybridized carbons (Fsp3) is 0.571. The maximum atomic E-state index is 9.38. The van der Waals surface area contributed by atoms with Crippen LogP contribution in [-0.2, 0) is 0 Å². The van der Waals surface area contributed by atoms with E-state index in [9.17, 15) is 5.11 Å². The Labute approximate surface area is 98.5 Å². The molecule has 3 N–H and O–H groups in total. The van der Waals surface area contributed by atoms with Crippen molar-refractivity contribution in [2.45, 2.75) is 40.7 Å². The average Bonchev–Trinajstić information content (AvgIpc) is 2.15. The topological polar surface area (TPSA) is 46.2 Å². The molecule has 2 nitrogen and oxygen atoms in total. The molecular weight excluding hydrogens is 198 g/mol. The second-order valence-electron chi connectivity index (χ2n) is 5.44. The Hall–Kier alpha value is -0.860. The predicted molar refractivity (Wildman–Crippen MR) is 68.4 cm³/mol. The van der Waals surface area contributed by atoms with E-state index in [1.807, 2.05) is 13.8 Å². The van der Waals surface area contributed by atoms with Crippen molar-refractivity contribution in [2.75, 3.05) is 6.61 Å². The maximum Gasteiger partial charge on any atom is 0.0500 e. The SMILES string of the molecule is Cc1cc(C)c([C@@H](N)C(C)(C)CO)c(C)c1. The van der Waals surface area contributed by atoms with Crippen molar-refractivity contribution in [2.24, 2.45) is 11.1 Å². The van der Waals surface area contributed by atoms with Crippen molar-refractivity contribution in [3.05, 3.63) is 34.4 Å². The van der Waals surface area contributed by atoms with Gasteiger partial charge in [-0.2, -0.15) is 0 Å². The lowest BCUT2D eigenvalue weighted by atomic mass is 9.78. The van der Waals surface area contributed by atoms with E-state index in [4.69, 9.17) is 5.73 Å². The number of nitrogens with two attached hydrogens (primary N) is 1. The minimum absolute atomic E-state index is 0.0981. The molecular formula is C14H23NO. The highest BCUT2D eigenvalue weighted by atomic mass is 16.3. The Bertz CT molecular complexity index is 359.